The second-order valence-electron chi connectivity index (χ2n) is 8.07. The number of non-ortho nitro benzene ring substituents is 1. The molecule has 7 nitrogen and oxygen atoms in total. The minimum Gasteiger partial charge on any atom is -0.397 e. The zero-order valence-corrected chi connectivity index (χ0v) is 19.5. The molecule has 35 heavy (non-hydrogen) atoms. The van der Waals surface area contributed by atoms with Crippen molar-refractivity contribution in [2.45, 2.75) is 6.92 Å². The highest BCUT2D eigenvalue weighted by molar-refractivity contribution is 7.21. The predicted molar refractivity (Wildman–Crippen MR) is 141 cm³/mol. The number of nitrogens with two attached hydrogens (primary N) is 1. The molecule has 5 aromatic rings. The first-order valence-electron chi connectivity index (χ1n) is 10.8. The number of anilines is 2. The average Bonchev–Trinajstić information content (AvgIpc) is 3.21. The molecule has 0 bridgehead atoms. The first kappa shape index (κ1) is 22.2. The van der Waals surface area contributed by atoms with Crippen LogP contribution < -0.4 is 11.1 Å². The Bertz CT molecular complexity index is 1580. The molecule has 8 heteroatoms. The Labute approximate surface area is 205 Å². The maximum atomic E-state index is 13.1. The number of pyridine rings is 1. The van der Waals surface area contributed by atoms with Crippen molar-refractivity contribution in [2.24, 2.45) is 0 Å². The van der Waals surface area contributed by atoms with Crippen LogP contribution in [0.1, 0.15) is 15.2 Å². The smallest absolute Gasteiger partial charge is 0.271 e. The minimum absolute atomic E-state index is 0.108. The van der Waals surface area contributed by atoms with Crippen LogP contribution in [0.5, 0.6) is 0 Å². The fourth-order valence-electron chi connectivity index (χ4n) is 3.89. The fraction of sp³-hybridized carbons (Fsp3) is 0.0370. The van der Waals surface area contributed by atoms with Gasteiger partial charge in [0.2, 0.25) is 0 Å². The van der Waals surface area contributed by atoms with E-state index in [1.165, 1.54) is 29.5 Å². The van der Waals surface area contributed by atoms with E-state index >= 15 is 0 Å². The SMILES string of the molecule is Cc1ccc(-c2cc(-c3ccccc3)c3c(N)c(C(=O)Nc4cccc([N+](=O)[O-])c4)sc3n2)cc1. The van der Waals surface area contributed by atoms with Gasteiger partial charge < -0.3 is 11.1 Å². The van der Waals surface area contributed by atoms with Gasteiger partial charge in [-0.2, -0.15) is 0 Å². The van der Waals surface area contributed by atoms with E-state index in [-0.39, 0.29) is 5.69 Å². The second kappa shape index (κ2) is 9.00. The minimum atomic E-state index is -0.508. The van der Waals surface area contributed by atoms with Crippen LogP contribution in [0.15, 0.2) is 84.9 Å². The third-order valence-corrected chi connectivity index (χ3v) is 6.75. The van der Waals surface area contributed by atoms with Gasteiger partial charge in [-0.3, -0.25) is 14.9 Å². The van der Waals surface area contributed by atoms with E-state index in [0.717, 1.165) is 27.9 Å². The first-order valence-corrected chi connectivity index (χ1v) is 11.6. The van der Waals surface area contributed by atoms with E-state index in [4.69, 9.17) is 10.7 Å². The molecule has 0 unspecified atom stereocenters. The standard InChI is InChI=1S/C27H20N4O3S/c1-16-10-12-18(13-11-16)22-15-21(17-6-3-2-4-7-17)23-24(28)25(35-27(23)30-22)26(32)29-19-8-5-9-20(14-19)31(33)34/h2-15H,28H2,1H3,(H,29,32). The van der Waals surface area contributed by atoms with Crippen molar-refractivity contribution in [3.05, 3.63) is 105 Å². The molecule has 0 spiro atoms. The van der Waals surface area contributed by atoms with Gasteiger partial charge in [-0.05, 0) is 30.2 Å². The molecule has 0 fully saturated rings. The quantitative estimate of drug-likeness (QED) is 0.215. The van der Waals surface area contributed by atoms with Gasteiger partial charge in [-0.15, -0.1) is 11.3 Å². The summed E-state index contributed by atoms with van der Waals surface area (Å²) in [6.45, 7) is 2.03. The normalized spacial score (nSPS) is 10.9. The number of fused-ring (bicyclic) bond motifs is 1. The van der Waals surface area contributed by atoms with Crippen LogP contribution in [-0.4, -0.2) is 15.8 Å². The molecule has 0 saturated carbocycles. The van der Waals surface area contributed by atoms with E-state index in [1.807, 2.05) is 67.6 Å². The summed E-state index contributed by atoms with van der Waals surface area (Å²) >= 11 is 1.20. The fourth-order valence-corrected chi connectivity index (χ4v) is 4.91. The van der Waals surface area contributed by atoms with Gasteiger partial charge >= 0.3 is 0 Å². The van der Waals surface area contributed by atoms with Crippen LogP contribution in [0.25, 0.3) is 32.6 Å². The predicted octanol–water partition coefficient (Wildman–Crippen LogP) is 6.68. The molecular weight excluding hydrogens is 460 g/mol. The monoisotopic (exact) mass is 480 g/mol. The molecule has 5 rings (SSSR count). The van der Waals surface area contributed by atoms with E-state index in [0.29, 0.717) is 26.5 Å². The summed E-state index contributed by atoms with van der Waals surface area (Å²) in [4.78, 5) is 29.5. The van der Waals surface area contributed by atoms with Gasteiger partial charge in [0.25, 0.3) is 11.6 Å². The molecule has 3 N–H and O–H groups in total. The summed E-state index contributed by atoms with van der Waals surface area (Å²) in [5.41, 5.74) is 11.8. The Morgan fingerprint density at radius 2 is 1.71 bits per heavy atom. The molecule has 0 saturated heterocycles. The lowest BCUT2D eigenvalue weighted by atomic mass is 9.99. The number of rotatable bonds is 5. The zero-order valence-electron chi connectivity index (χ0n) is 18.7. The van der Waals surface area contributed by atoms with E-state index in [9.17, 15) is 14.9 Å². The summed E-state index contributed by atoms with van der Waals surface area (Å²) in [7, 11) is 0. The number of benzene rings is 3. The molecule has 1 amide bonds. The number of thiophene rings is 1. The lowest BCUT2D eigenvalue weighted by molar-refractivity contribution is -0.384. The summed E-state index contributed by atoms with van der Waals surface area (Å²) < 4.78 is 0. The number of aromatic nitrogens is 1. The lowest BCUT2D eigenvalue weighted by Crippen LogP contribution is -2.12. The molecule has 3 aromatic carbocycles. The molecule has 0 aliphatic carbocycles. The number of amides is 1. The molecule has 0 aliphatic rings. The Hall–Kier alpha value is -4.56. The lowest BCUT2D eigenvalue weighted by Gasteiger charge is -2.09. The van der Waals surface area contributed by atoms with Gasteiger partial charge in [0, 0.05) is 28.8 Å². The van der Waals surface area contributed by atoms with Crippen LogP contribution in [0.2, 0.25) is 0 Å². The second-order valence-corrected chi connectivity index (χ2v) is 9.07. The summed E-state index contributed by atoms with van der Waals surface area (Å²) in [6, 6.07) is 25.7. The number of carbonyl (C=O) groups excluding carboxylic acids is 1. The molecule has 0 radical (unpaired) electrons. The third-order valence-electron chi connectivity index (χ3n) is 5.65. The number of aryl methyl sites for hydroxylation is 1. The summed E-state index contributed by atoms with van der Waals surface area (Å²) in [5, 5.41) is 14.5. The largest absolute Gasteiger partial charge is 0.397 e. The van der Waals surface area contributed by atoms with Crippen molar-refractivity contribution in [1.29, 1.82) is 0 Å². The van der Waals surface area contributed by atoms with Crippen LogP contribution >= 0.6 is 11.3 Å². The molecule has 0 atom stereocenters. The third kappa shape index (κ3) is 4.34. The van der Waals surface area contributed by atoms with Crippen LogP contribution in [0, 0.1) is 17.0 Å². The number of nitrogen functional groups attached to an aromatic ring is 1. The zero-order chi connectivity index (χ0) is 24.5. The Balaban J connectivity index is 1.63. The molecule has 2 aromatic heterocycles. The van der Waals surface area contributed by atoms with Gasteiger partial charge in [0.15, 0.2) is 0 Å². The molecule has 2 heterocycles. The topological polar surface area (TPSA) is 111 Å². The molecule has 172 valence electrons. The number of hydrogen-bond acceptors (Lipinski definition) is 6. The number of nitro groups is 1. The Kier molecular flexibility index (Phi) is 5.72. The van der Waals surface area contributed by atoms with E-state index < -0.39 is 10.8 Å². The number of hydrogen-bond donors (Lipinski definition) is 2. The highest BCUT2D eigenvalue weighted by atomic mass is 32.1. The summed E-state index contributed by atoms with van der Waals surface area (Å²) in [6.07, 6.45) is 0. The Morgan fingerprint density at radius 1 is 0.971 bits per heavy atom. The molecular formula is C27H20N4O3S. The highest BCUT2D eigenvalue weighted by Gasteiger charge is 2.22. The van der Waals surface area contributed by atoms with Crippen molar-refractivity contribution in [3.63, 3.8) is 0 Å². The number of nitro benzene ring substituents is 1. The number of nitrogens with one attached hydrogen (secondary N) is 1. The number of nitrogens with zero attached hydrogens (tertiary/aromatic N) is 2. The van der Waals surface area contributed by atoms with Gasteiger partial charge in [-0.25, -0.2) is 4.98 Å². The van der Waals surface area contributed by atoms with Crippen molar-refractivity contribution < 1.29 is 9.72 Å². The van der Waals surface area contributed by atoms with Crippen molar-refractivity contribution in [2.75, 3.05) is 11.1 Å². The van der Waals surface area contributed by atoms with Crippen LogP contribution in [0.3, 0.4) is 0 Å². The maximum absolute atomic E-state index is 13.1. The Morgan fingerprint density at radius 3 is 2.43 bits per heavy atom. The van der Waals surface area contributed by atoms with Crippen LogP contribution in [-0.2, 0) is 0 Å². The first-order chi connectivity index (χ1) is 16.9. The van der Waals surface area contributed by atoms with Crippen molar-refractivity contribution in [3.8, 4) is 22.4 Å². The van der Waals surface area contributed by atoms with Gasteiger partial charge in [0.1, 0.15) is 9.71 Å². The van der Waals surface area contributed by atoms with Crippen LogP contribution in [0.4, 0.5) is 17.1 Å². The summed E-state index contributed by atoms with van der Waals surface area (Å²) in [5.74, 6) is -0.443. The van der Waals surface area contributed by atoms with E-state index in [2.05, 4.69) is 5.32 Å². The number of carbonyl (C=O) groups is 1. The highest BCUT2D eigenvalue weighted by Crippen LogP contribution is 2.41. The van der Waals surface area contributed by atoms with Crippen molar-refractivity contribution >= 4 is 44.5 Å². The van der Waals surface area contributed by atoms with Gasteiger partial charge in [0.05, 0.1) is 16.3 Å². The van der Waals surface area contributed by atoms with Crippen molar-refractivity contribution in [1.82, 2.24) is 4.98 Å². The molecule has 0 aliphatic heterocycles. The van der Waals surface area contributed by atoms with E-state index in [1.54, 1.807) is 6.07 Å². The van der Waals surface area contributed by atoms with Gasteiger partial charge in [-0.1, -0.05) is 66.2 Å². The maximum Gasteiger partial charge on any atom is 0.271 e. The average molecular weight is 481 g/mol.